The fourth-order valence-corrected chi connectivity index (χ4v) is 1.06. The van der Waals surface area contributed by atoms with Gasteiger partial charge in [-0.05, 0) is 12.1 Å². The summed E-state index contributed by atoms with van der Waals surface area (Å²) >= 11 is 0. The molecule has 0 aliphatic carbocycles. The zero-order valence-electron chi connectivity index (χ0n) is 6.66. The van der Waals surface area contributed by atoms with E-state index in [2.05, 4.69) is 15.2 Å². The maximum absolute atomic E-state index is 12.5. The number of nitrogen functional groups attached to an aromatic ring is 1. The van der Waals surface area contributed by atoms with Crippen molar-refractivity contribution in [2.75, 3.05) is 5.73 Å². The number of pyridine rings is 1. The Hall–Kier alpha value is -1.91. The topological polar surface area (TPSA) is 67.6 Å². The quantitative estimate of drug-likeness (QED) is 0.644. The third-order valence-corrected chi connectivity index (χ3v) is 1.71. The molecular formula is C8H7FN4. The second-order valence-electron chi connectivity index (χ2n) is 2.57. The monoisotopic (exact) mass is 178 g/mol. The number of aromatic nitrogens is 3. The third kappa shape index (κ3) is 1.35. The predicted octanol–water partition coefficient (Wildman–Crippen LogP) is 1.19. The molecule has 66 valence electrons. The summed E-state index contributed by atoms with van der Waals surface area (Å²) in [6.45, 7) is 0. The first kappa shape index (κ1) is 7.72. The summed E-state index contributed by atoms with van der Waals surface area (Å²) < 4.78 is 12.5. The number of aromatic amines is 1. The van der Waals surface area contributed by atoms with E-state index in [9.17, 15) is 4.39 Å². The first-order chi connectivity index (χ1) is 6.27. The molecule has 2 heterocycles. The van der Waals surface area contributed by atoms with E-state index in [-0.39, 0.29) is 0 Å². The van der Waals surface area contributed by atoms with Crippen LogP contribution >= 0.6 is 0 Å². The molecule has 0 fully saturated rings. The molecule has 3 N–H and O–H groups in total. The molecule has 2 aromatic rings. The zero-order valence-corrected chi connectivity index (χ0v) is 6.66. The lowest BCUT2D eigenvalue weighted by atomic mass is 10.1. The van der Waals surface area contributed by atoms with E-state index in [1.807, 2.05) is 0 Å². The standard InChI is InChI=1S/C8H7FN4/c9-7-2-1-5(3-11-7)6-4-12-13-8(6)10/h1-4H,(H3,10,12,13). The summed E-state index contributed by atoms with van der Waals surface area (Å²) in [6.07, 6.45) is 2.99. The van der Waals surface area contributed by atoms with Crippen LogP contribution in [0, 0.1) is 5.95 Å². The van der Waals surface area contributed by atoms with Gasteiger partial charge < -0.3 is 5.73 Å². The van der Waals surface area contributed by atoms with Crippen molar-refractivity contribution in [2.24, 2.45) is 0 Å². The number of rotatable bonds is 1. The average molecular weight is 178 g/mol. The van der Waals surface area contributed by atoms with Crippen LogP contribution in [0.5, 0.6) is 0 Å². The fraction of sp³-hybridized carbons (Fsp3) is 0. The molecule has 2 rings (SSSR count). The first-order valence-corrected chi connectivity index (χ1v) is 3.68. The summed E-state index contributed by atoms with van der Waals surface area (Å²) in [4.78, 5) is 3.51. The van der Waals surface area contributed by atoms with Gasteiger partial charge in [0.25, 0.3) is 0 Å². The van der Waals surface area contributed by atoms with Gasteiger partial charge in [-0.15, -0.1) is 0 Å². The van der Waals surface area contributed by atoms with Gasteiger partial charge in [0.1, 0.15) is 5.82 Å². The molecule has 5 heteroatoms. The Morgan fingerprint density at radius 2 is 2.15 bits per heavy atom. The van der Waals surface area contributed by atoms with Gasteiger partial charge in [-0.1, -0.05) is 0 Å². The van der Waals surface area contributed by atoms with Crippen LogP contribution in [0.4, 0.5) is 10.2 Å². The lowest BCUT2D eigenvalue weighted by Crippen LogP contribution is -1.88. The molecule has 0 radical (unpaired) electrons. The van der Waals surface area contributed by atoms with Gasteiger partial charge in [0, 0.05) is 17.3 Å². The molecule has 0 atom stereocenters. The highest BCUT2D eigenvalue weighted by Gasteiger charge is 2.04. The van der Waals surface area contributed by atoms with Crippen molar-refractivity contribution in [3.63, 3.8) is 0 Å². The molecule has 0 bridgehead atoms. The average Bonchev–Trinajstić information content (AvgIpc) is 2.53. The zero-order chi connectivity index (χ0) is 9.26. The summed E-state index contributed by atoms with van der Waals surface area (Å²) in [5.74, 6) is -0.0563. The lowest BCUT2D eigenvalue weighted by molar-refractivity contribution is 0.584. The Morgan fingerprint density at radius 1 is 1.31 bits per heavy atom. The van der Waals surface area contributed by atoms with Crippen molar-refractivity contribution in [3.05, 3.63) is 30.5 Å². The van der Waals surface area contributed by atoms with Crippen LogP contribution in [0.3, 0.4) is 0 Å². The van der Waals surface area contributed by atoms with E-state index >= 15 is 0 Å². The van der Waals surface area contributed by atoms with Crippen molar-refractivity contribution in [2.45, 2.75) is 0 Å². The molecule has 4 nitrogen and oxygen atoms in total. The number of hydrogen-bond acceptors (Lipinski definition) is 3. The fourth-order valence-electron chi connectivity index (χ4n) is 1.06. The summed E-state index contributed by atoms with van der Waals surface area (Å²) in [7, 11) is 0. The van der Waals surface area contributed by atoms with Crippen LogP contribution in [-0.2, 0) is 0 Å². The molecule has 0 saturated heterocycles. The Kier molecular flexibility index (Phi) is 1.70. The number of nitrogens with one attached hydrogen (secondary N) is 1. The molecule has 0 amide bonds. The van der Waals surface area contributed by atoms with Crippen LogP contribution in [0.15, 0.2) is 24.5 Å². The Morgan fingerprint density at radius 3 is 2.69 bits per heavy atom. The molecule has 0 saturated carbocycles. The lowest BCUT2D eigenvalue weighted by Gasteiger charge is -1.96. The van der Waals surface area contributed by atoms with E-state index in [0.29, 0.717) is 5.82 Å². The SMILES string of the molecule is Nc1[nH]ncc1-c1ccc(F)nc1. The van der Waals surface area contributed by atoms with Gasteiger partial charge in [-0.3, -0.25) is 5.10 Å². The van der Waals surface area contributed by atoms with E-state index in [0.717, 1.165) is 11.1 Å². The number of anilines is 1. The van der Waals surface area contributed by atoms with E-state index in [1.54, 1.807) is 12.3 Å². The second kappa shape index (κ2) is 2.85. The summed E-state index contributed by atoms with van der Waals surface area (Å²) in [6, 6.07) is 2.88. The molecule has 2 aromatic heterocycles. The Balaban J connectivity index is 2.47. The van der Waals surface area contributed by atoms with Gasteiger partial charge in [0.15, 0.2) is 0 Å². The van der Waals surface area contributed by atoms with Crippen molar-refractivity contribution >= 4 is 5.82 Å². The molecule has 0 spiro atoms. The van der Waals surface area contributed by atoms with Crippen LogP contribution in [-0.4, -0.2) is 15.2 Å². The largest absolute Gasteiger partial charge is 0.384 e. The molecule has 0 aromatic carbocycles. The van der Waals surface area contributed by atoms with Gasteiger partial charge in [-0.2, -0.15) is 9.49 Å². The highest BCUT2D eigenvalue weighted by atomic mass is 19.1. The molecule has 0 unspecified atom stereocenters. The summed E-state index contributed by atoms with van der Waals surface area (Å²) in [5.41, 5.74) is 7.04. The smallest absolute Gasteiger partial charge is 0.212 e. The first-order valence-electron chi connectivity index (χ1n) is 3.68. The van der Waals surface area contributed by atoms with E-state index in [1.165, 1.54) is 12.3 Å². The van der Waals surface area contributed by atoms with Gasteiger partial charge >= 0.3 is 0 Å². The number of hydrogen-bond donors (Lipinski definition) is 2. The van der Waals surface area contributed by atoms with Crippen molar-refractivity contribution in [1.82, 2.24) is 15.2 Å². The Labute approximate surface area is 73.6 Å². The minimum Gasteiger partial charge on any atom is -0.384 e. The minimum absolute atomic E-state index is 0.452. The van der Waals surface area contributed by atoms with Gasteiger partial charge in [-0.25, -0.2) is 4.98 Å². The third-order valence-electron chi connectivity index (χ3n) is 1.71. The minimum atomic E-state index is -0.509. The predicted molar refractivity (Wildman–Crippen MR) is 46.2 cm³/mol. The second-order valence-corrected chi connectivity index (χ2v) is 2.57. The van der Waals surface area contributed by atoms with E-state index in [4.69, 9.17) is 5.73 Å². The maximum Gasteiger partial charge on any atom is 0.212 e. The van der Waals surface area contributed by atoms with Crippen molar-refractivity contribution in [1.29, 1.82) is 0 Å². The number of halogens is 1. The van der Waals surface area contributed by atoms with Gasteiger partial charge in [0.2, 0.25) is 5.95 Å². The molecule has 0 aliphatic rings. The molecule has 13 heavy (non-hydrogen) atoms. The number of nitrogens with zero attached hydrogens (tertiary/aromatic N) is 2. The van der Waals surface area contributed by atoms with Crippen LogP contribution in [0.2, 0.25) is 0 Å². The molecule has 0 aliphatic heterocycles. The van der Waals surface area contributed by atoms with Crippen molar-refractivity contribution in [3.8, 4) is 11.1 Å². The van der Waals surface area contributed by atoms with Crippen molar-refractivity contribution < 1.29 is 4.39 Å². The van der Waals surface area contributed by atoms with E-state index < -0.39 is 5.95 Å². The normalized spacial score (nSPS) is 10.2. The van der Waals surface area contributed by atoms with Crippen LogP contribution < -0.4 is 5.73 Å². The highest BCUT2D eigenvalue weighted by Crippen LogP contribution is 2.22. The number of H-pyrrole nitrogens is 1. The Bertz CT molecular complexity index is 406. The van der Waals surface area contributed by atoms with Gasteiger partial charge in [0.05, 0.1) is 6.20 Å². The molecular weight excluding hydrogens is 171 g/mol. The summed E-state index contributed by atoms with van der Waals surface area (Å²) in [5, 5.41) is 6.34. The highest BCUT2D eigenvalue weighted by molar-refractivity contribution is 5.72. The maximum atomic E-state index is 12.5. The number of nitrogens with two attached hydrogens (primary N) is 1. The van der Waals surface area contributed by atoms with Crippen LogP contribution in [0.1, 0.15) is 0 Å². The van der Waals surface area contributed by atoms with Crippen LogP contribution in [0.25, 0.3) is 11.1 Å².